The van der Waals surface area contributed by atoms with E-state index in [0.29, 0.717) is 24.5 Å². The van der Waals surface area contributed by atoms with Gasteiger partial charge in [-0.25, -0.2) is 19.4 Å². The summed E-state index contributed by atoms with van der Waals surface area (Å²) in [4.78, 5) is 19.9. The molecule has 8 heteroatoms. The van der Waals surface area contributed by atoms with E-state index in [1.54, 1.807) is 29.3 Å². The Balaban J connectivity index is 1.36. The molecule has 0 saturated carbocycles. The van der Waals surface area contributed by atoms with Crippen molar-refractivity contribution in [1.29, 1.82) is 0 Å². The molecule has 4 rings (SSSR count). The molecule has 8 nitrogen and oxygen atoms in total. The molecule has 1 aliphatic heterocycles. The zero-order valence-corrected chi connectivity index (χ0v) is 14.8. The van der Waals surface area contributed by atoms with E-state index in [1.165, 1.54) is 6.33 Å². The molecule has 0 fully saturated rings. The summed E-state index contributed by atoms with van der Waals surface area (Å²) in [6.07, 6.45) is 4.14. The van der Waals surface area contributed by atoms with Crippen molar-refractivity contribution in [3.63, 3.8) is 0 Å². The first-order chi connectivity index (χ1) is 13.1. The van der Waals surface area contributed by atoms with Crippen LogP contribution in [0.15, 0.2) is 43.1 Å². The Morgan fingerprint density at radius 3 is 2.96 bits per heavy atom. The van der Waals surface area contributed by atoms with E-state index in [0.717, 1.165) is 22.3 Å². The summed E-state index contributed by atoms with van der Waals surface area (Å²) < 4.78 is 6.65. The summed E-state index contributed by atoms with van der Waals surface area (Å²) in [6.45, 7) is 3.15. The van der Waals surface area contributed by atoms with E-state index in [1.807, 2.05) is 19.1 Å². The van der Waals surface area contributed by atoms with Crippen LogP contribution >= 0.6 is 0 Å². The van der Waals surface area contributed by atoms with Gasteiger partial charge in [0.15, 0.2) is 5.82 Å². The monoisotopic (exact) mass is 365 g/mol. The van der Waals surface area contributed by atoms with E-state index in [4.69, 9.17) is 4.74 Å². The van der Waals surface area contributed by atoms with Crippen molar-refractivity contribution < 1.29 is 14.6 Å². The Morgan fingerprint density at radius 2 is 2.22 bits per heavy atom. The second-order valence-corrected chi connectivity index (χ2v) is 6.39. The van der Waals surface area contributed by atoms with Crippen molar-refractivity contribution in [3.05, 3.63) is 70.9 Å². The first-order valence-electron chi connectivity index (χ1n) is 8.61. The zero-order chi connectivity index (χ0) is 18.8. The second-order valence-electron chi connectivity index (χ2n) is 6.39. The molecule has 3 aromatic rings. The first-order valence-corrected chi connectivity index (χ1v) is 8.61. The summed E-state index contributed by atoms with van der Waals surface area (Å²) in [5.74, 6) is 0.399. The lowest BCUT2D eigenvalue weighted by molar-refractivity contribution is 0.0535. The first kappa shape index (κ1) is 17.3. The van der Waals surface area contributed by atoms with Gasteiger partial charge in [0.2, 0.25) is 0 Å². The van der Waals surface area contributed by atoms with Gasteiger partial charge in [-0.3, -0.25) is 0 Å². The lowest BCUT2D eigenvalue weighted by atomic mass is 9.95. The minimum absolute atomic E-state index is 0.276. The number of hydrogen-bond acceptors (Lipinski definition) is 7. The third kappa shape index (κ3) is 3.44. The van der Waals surface area contributed by atoms with Crippen molar-refractivity contribution >= 4 is 5.97 Å². The molecular formula is C19H19N5O3. The van der Waals surface area contributed by atoms with Gasteiger partial charge in [0, 0.05) is 24.8 Å². The highest BCUT2D eigenvalue weighted by Gasteiger charge is 2.25. The Kier molecular flexibility index (Phi) is 4.66. The molecule has 1 unspecified atom stereocenters. The highest BCUT2D eigenvalue weighted by atomic mass is 16.5. The number of aliphatic hydroxyl groups is 1. The molecular weight excluding hydrogens is 346 g/mol. The fourth-order valence-corrected chi connectivity index (χ4v) is 3.18. The van der Waals surface area contributed by atoms with Gasteiger partial charge in [0.25, 0.3) is 0 Å². The number of rotatable bonds is 6. The third-order valence-corrected chi connectivity index (χ3v) is 4.70. The van der Waals surface area contributed by atoms with E-state index in [2.05, 4.69) is 20.4 Å². The lowest BCUT2D eigenvalue weighted by Crippen LogP contribution is -2.22. The number of ether oxygens (including phenoxy) is 1. The average molecular weight is 365 g/mol. The molecule has 1 aliphatic rings. The van der Waals surface area contributed by atoms with E-state index in [9.17, 15) is 9.90 Å². The Hall–Kier alpha value is -3.10. The van der Waals surface area contributed by atoms with Crippen LogP contribution < -0.4 is 5.32 Å². The summed E-state index contributed by atoms with van der Waals surface area (Å²) in [7, 11) is 0. The van der Waals surface area contributed by atoms with Gasteiger partial charge >= 0.3 is 5.97 Å². The second kappa shape index (κ2) is 7.26. The van der Waals surface area contributed by atoms with Crippen LogP contribution in [0.4, 0.5) is 0 Å². The van der Waals surface area contributed by atoms with Crippen LogP contribution in [0.2, 0.25) is 0 Å². The molecule has 0 spiro atoms. The van der Waals surface area contributed by atoms with Crippen LogP contribution in [0.25, 0.3) is 5.82 Å². The van der Waals surface area contributed by atoms with Crippen molar-refractivity contribution in [1.82, 2.24) is 25.1 Å². The van der Waals surface area contributed by atoms with Crippen LogP contribution in [0.1, 0.15) is 38.7 Å². The predicted molar refractivity (Wildman–Crippen MR) is 96.1 cm³/mol. The normalized spacial score (nSPS) is 14.1. The number of fused-ring (bicyclic) bond motifs is 1. The number of esters is 1. The number of carbonyl (C=O) groups is 1. The fourth-order valence-electron chi connectivity index (χ4n) is 3.18. The molecule has 0 radical (unpaired) electrons. The van der Waals surface area contributed by atoms with Gasteiger partial charge < -0.3 is 15.2 Å². The molecule has 0 bridgehead atoms. The number of aliphatic hydroxyl groups excluding tert-OH is 1. The molecule has 3 heterocycles. The Bertz CT molecular complexity index is 954. The van der Waals surface area contributed by atoms with Gasteiger partial charge in [0.1, 0.15) is 19.3 Å². The quantitative estimate of drug-likeness (QED) is 0.638. The lowest BCUT2D eigenvalue weighted by Gasteiger charge is -2.16. The number of cyclic esters (lactones) is 1. The molecule has 1 aromatic carbocycles. The summed E-state index contributed by atoms with van der Waals surface area (Å²) in [6, 6.07) is 7.33. The highest BCUT2D eigenvalue weighted by molar-refractivity contribution is 5.93. The van der Waals surface area contributed by atoms with Gasteiger partial charge in [-0.05, 0) is 35.7 Å². The maximum absolute atomic E-state index is 11.6. The maximum atomic E-state index is 11.6. The molecule has 0 aliphatic carbocycles. The third-order valence-electron chi connectivity index (χ3n) is 4.70. The van der Waals surface area contributed by atoms with Gasteiger partial charge in [-0.1, -0.05) is 12.1 Å². The molecule has 27 heavy (non-hydrogen) atoms. The molecule has 2 N–H and O–H groups in total. The SMILES string of the molecule is Cc1c(C(O)CNCc2ccc(-n3cncn3)nc2)ccc2c1COC2=O. The summed E-state index contributed by atoms with van der Waals surface area (Å²) >= 11 is 0. The smallest absolute Gasteiger partial charge is 0.338 e. The Labute approximate surface area is 155 Å². The number of carbonyl (C=O) groups excluding carboxylic acids is 1. The summed E-state index contributed by atoms with van der Waals surface area (Å²) in [5.41, 5.74) is 4.17. The van der Waals surface area contributed by atoms with Crippen LogP contribution in [-0.4, -0.2) is 37.4 Å². The number of hydrogen-bond donors (Lipinski definition) is 2. The van der Waals surface area contributed by atoms with E-state index >= 15 is 0 Å². The van der Waals surface area contributed by atoms with Gasteiger partial charge in [-0.15, -0.1) is 0 Å². The number of nitrogens with zero attached hydrogens (tertiary/aromatic N) is 4. The van der Waals surface area contributed by atoms with E-state index < -0.39 is 6.10 Å². The average Bonchev–Trinajstić information content (AvgIpc) is 3.33. The summed E-state index contributed by atoms with van der Waals surface area (Å²) in [5, 5.41) is 17.8. The standard InChI is InChI=1S/C19H19N5O3/c1-12-14(3-4-15-16(12)9-27-19(15)26)17(25)8-20-6-13-2-5-18(22-7-13)24-11-21-10-23-24/h2-5,7,10-11,17,20,25H,6,8-9H2,1H3. The number of aromatic nitrogens is 4. The van der Waals surface area contributed by atoms with Crippen molar-refractivity contribution in [3.8, 4) is 5.82 Å². The number of pyridine rings is 1. The van der Waals surface area contributed by atoms with Crippen molar-refractivity contribution in [2.24, 2.45) is 0 Å². The zero-order valence-electron chi connectivity index (χ0n) is 14.8. The molecule has 2 aromatic heterocycles. The minimum atomic E-state index is -0.673. The fraction of sp³-hybridized carbons (Fsp3) is 0.263. The van der Waals surface area contributed by atoms with Gasteiger partial charge in [-0.2, -0.15) is 5.10 Å². The maximum Gasteiger partial charge on any atom is 0.338 e. The molecule has 138 valence electrons. The largest absolute Gasteiger partial charge is 0.457 e. The van der Waals surface area contributed by atoms with Crippen LogP contribution in [0.5, 0.6) is 0 Å². The van der Waals surface area contributed by atoms with Crippen molar-refractivity contribution in [2.45, 2.75) is 26.2 Å². The topological polar surface area (TPSA) is 102 Å². The van der Waals surface area contributed by atoms with Crippen LogP contribution in [0, 0.1) is 6.92 Å². The number of nitrogens with one attached hydrogen (secondary N) is 1. The Morgan fingerprint density at radius 1 is 1.33 bits per heavy atom. The van der Waals surface area contributed by atoms with Crippen molar-refractivity contribution in [2.75, 3.05) is 6.54 Å². The molecule has 0 saturated heterocycles. The molecule has 0 amide bonds. The minimum Gasteiger partial charge on any atom is -0.457 e. The number of benzene rings is 1. The molecule has 1 atom stereocenters. The van der Waals surface area contributed by atoms with Crippen LogP contribution in [-0.2, 0) is 17.9 Å². The van der Waals surface area contributed by atoms with E-state index in [-0.39, 0.29) is 12.6 Å². The van der Waals surface area contributed by atoms with Gasteiger partial charge in [0.05, 0.1) is 11.7 Å². The predicted octanol–water partition coefficient (Wildman–Crippen LogP) is 1.46. The highest BCUT2D eigenvalue weighted by Crippen LogP contribution is 2.28. The van der Waals surface area contributed by atoms with Crippen LogP contribution in [0.3, 0.4) is 0 Å².